The van der Waals surface area contributed by atoms with E-state index in [1.807, 2.05) is 29.7 Å². The highest BCUT2D eigenvalue weighted by atomic mass is 16.5. The van der Waals surface area contributed by atoms with Gasteiger partial charge in [-0.1, -0.05) is 24.3 Å². The minimum Gasteiger partial charge on any atom is -0.469 e. The van der Waals surface area contributed by atoms with E-state index in [-0.39, 0.29) is 0 Å². The van der Waals surface area contributed by atoms with Crippen molar-refractivity contribution in [3.63, 3.8) is 0 Å². The van der Waals surface area contributed by atoms with E-state index in [4.69, 9.17) is 9.62 Å². The van der Waals surface area contributed by atoms with Crippen LogP contribution in [0.15, 0.2) is 53.3 Å². The maximum absolute atomic E-state index is 8.42. The van der Waals surface area contributed by atoms with Crippen LogP contribution in [0.5, 0.6) is 0 Å². The fourth-order valence-corrected chi connectivity index (χ4v) is 1.65. The number of furan rings is 1. The van der Waals surface area contributed by atoms with Crippen LogP contribution < -0.4 is 5.48 Å². The molecule has 0 unspecified atom stereocenters. The number of hydroxylamine groups is 1. The molecule has 2 rings (SSSR count). The Labute approximate surface area is 100 Å². The molecular formula is C14H15NO2. The van der Waals surface area contributed by atoms with Crippen molar-refractivity contribution < 1.29 is 9.62 Å². The zero-order valence-corrected chi connectivity index (χ0v) is 9.47. The first kappa shape index (κ1) is 11.5. The summed E-state index contributed by atoms with van der Waals surface area (Å²) in [5.41, 5.74) is 4.30. The highest BCUT2D eigenvalue weighted by Gasteiger charge is 1.97. The fourth-order valence-electron chi connectivity index (χ4n) is 1.65. The van der Waals surface area contributed by atoms with E-state index in [0.29, 0.717) is 0 Å². The summed E-state index contributed by atoms with van der Waals surface area (Å²) in [6, 6.07) is 12.1. The van der Waals surface area contributed by atoms with Gasteiger partial charge in [0.25, 0.3) is 0 Å². The van der Waals surface area contributed by atoms with Crippen molar-refractivity contribution in [2.24, 2.45) is 0 Å². The summed E-state index contributed by atoms with van der Waals surface area (Å²) in [6.45, 7) is 0. The van der Waals surface area contributed by atoms with Crippen molar-refractivity contribution in [3.05, 3.63) is 65.7 Å². The molecular weight excluding hydrogens is 214 g/mol. The number of aryl methyl sites for hydroxylation is 2. The molecule has 0 radical (unpaired) electrons. The zero-order chi connectivity index (χ0) is 11.9. The van der Waals surface area contributed by atoms with Crippen LogP contribution in [0.2, 0.25) is 0 Å². The van der Waals surface area contributed by atoms with Gasteiger partial charge in [0.1, 0.15) is 5.76 Å². The first-order valence-corrected chi connectivity index (χ1v) is 5.56. The molecule has 3 heteroatoms. The average molecular weight is 229 g/mol. The maximum atomic E-state index is 8.42. The van der Waals surface area contributed by atoms with E-state index in [1.165, 1.54) is 11.8 Å². The van der Waals surface area contributed by atoms with E-state index in [1.54, 1.807) is 12.3 Å². The van der Waals surface area contributed by atoms with E-state index in [9.17, 15) is 0 Å². The molecule has 1 aromatic heterocycles. The van der Waals surface area contributed by atoms with Gasteiger partial charge in [-0.2, -0.15) is 0 Å². The Morgan fingerprint density at radius 1 is 1.12 bits per heavy atom. The van der Waals surface area contributed by atoms with Gasteiger partial charge in [0.15, 0.2) is 0 Å². The van der Waals surface area contributed by atoms with Crippen molar-refractivity contribution in [2.75, 3.05) is 0 Å². The summed E-state index contributed by atoms with van der Waals surface area (Å²) >= 11 is 0. The second-order valence-electron chi connectivity index (χ2n) is 3.78. The largest absolute Gasteiger partial charge is 0.469 e. The molecule has 0 spiro atoms. The van der Waals surface area contributed by atoms with E-state index in [0.717, 1.165) is 24.2 Å². The topological polar surface area (TPSA) is 45.4 Å². The predicted molar refractivity (Wildman–Crippen MR) is 66.5 cm³/mol. The summed E-state index contributed by atoms with van der Waals surface area (Å²) in [6.07, 6.45) is 6.87. The lowest BCUT2D eigenvalue weighted by atomic mass is 10.1. The molecule has 0 aliphatic rings. The molecule has 2 N–H and O–H groups in total. The standard InChI is InChI=1S/C14H15NO2/c16-15-10-9-13-5-3-12(4-6-13)7-8-14-2-1-11-17-14/h1-6,9-11,15-16H,7-8H2/b10-9+. The minimum atomic E-state index is 0.917. The van der Waals surface area contributed by atoms with E-state index < -0.39 is 0 Å². The Kier molecular flexibility index (Phi) is 4.00. The van der Waals surface area contributed by atoms with Crippen molar-refractivity contribution in [2.45, 2.75) is 12.8 Å². The van der Waals surface area contributed by atoms with Crippen LogP contribution >= 0.6 is 0 Å². The summed E-state index contributed by atoms with van der Waals surface area (Å²) < 4.78 is 5.28. The monoisotopic (exact) mass is 229 g/mol. The Morgan fingerprint density at radius 2 is 1.94 bits per heavy atom. The SMILES string of the molecule is ON/C=C/c1ccc(CCc2ccco2)cc1. The Bertz CT molecular complexity index is 457. The smallest absolute Gasteiger partial charge is 0.104 e. The van der Waals surface area contributed by atoms with Gasteiger partial charge >= 0.3 is 0 Å². The maximum Gasteiger partial charge on any atom is 0.104 e. The molecule has 0 atom stereocenters. The summed E-state index contributed by atoms with van der Waals surface area (Å²) in [7, 11) is 0. The fraction of sp³-hybridized carbons (Fsp3) is 0.143. The molecule has 0 saturated heterocycles. The molecule has 0 aliphatic carbocycles. The summed E-state index contributed by atoms with van der Waals surface area (Å²) in [5, 5.41) is 8.42. The highest BCUT2D eigenvalue weighted by Crippen LogP contribution is 2.10. The number of nitrogens with one attached hydrogen (secondary N) is 1. The Morgan fingerprint density at radius 3 is 2.59 bits per heavy atom. The third kappa shape index (κ3) is 3.50. The molecule has 2 aromatic rings. The molecule has 1 heterocycles. The van der Waals surface area contributed by atoms with Crippen LogP contribution in [0.25, 0.3) is 6.08 Å². The zero-order valence-electron chi connectivity index (χ0n) is 9.47. The van der Waals surface area contributed by atoms with Gasteiger partial charge in [-0.25, -0.2) is 0 Å². The van der Waals surface area contributed by atoms with Crippen LogP contribution in [0.1, 0.15) is 16.9 Å². The summed E-state index contributed by atoms with van der Waals surface area (Å²) in [4.78, 5) is 0. The van der Waals surface area contributed by atoms with Gasteiger partial charge in [-0.15, -0.1) is 0 Å². The third-order valence-electron chi connectivity index (χ3n) is 2.57. The molecule has 0 aliphatic heterocycles. The van der Waals surface area contributed by atoms with Crippen molar-refractivity contribution in [1.82, 2.24) is 5.48 Å². The van der Waals surface area contributed by atoms with Crippen molar-refractivity contribution in [3.8, 4) is 0 Å². The molecule has 88 valence electrons. The lowest BCUT2D eigenvalue weighted by Gasteiger charge is -2.00. The Hall–Kier alpha value is -2.00. The van der Waals surface area contributed by atoms with E-state index >= 15 is 0 Å². The number of hydrogen-bond donors (Lipinski definition) is 2. The molecule has 0 bridgehead atoms. The first-order chi connectivity index (χ1) is 8.38. The second kappa shape index (κ2) is 5.92. The van der Waals surface area contributed by atoms with Gasteiger partial charge in [0.05, 0.1) is 6.26 Å². The predicted octanol–water partition coefficient (Wildman–Crippen LogP) is 3.01. The quantitative estimate of drug-likeness (QED) is 0.775. The number of benzene rings is 1. The van der Waals surface area contributed by atoms with Crippen molar-refractivity contribution >= 4 is 6.08 Å². The van der Waals surface area contributed by atoms with Crippen LogP contribution in [0, 0.1) is 0 Å². The van der Waals surface area contributed by atoms with Crippen LogP contribution in [-0.4, -0.2) is 5.21 Å². The lowest BCUT2D eigenvalue weighted by molar-refractivity contribution is 0.215. The summed E-state index contributed by atoms with van der Waals surface area (Å²) in [5.74, 6) is 1.01. The van der Waals surface area contributed by atoms with Gasteiger partial charge in [-0.3, -0.25) is 10.7 Å². The van der Waals surface area contributed by atoms with Crippen LogP contribution in [0.4, 0.5) is 0 Å². The normalized spacial score (nSPS) is 10.9. The number of rotatable bonds is 5. The van der Waals surface area contributed by atoms with Gasteiger partial charge in [0, 0.05) is 12.6 Å². The van der Waals surface area contributed by atoms with Crippen molar-refractivity contribution in [1.29, 1.82) is 0 Å². The van der Waals surface area contributed by atoms with Gasteiger partial charge in [-0.05, 0) is 35.8 Å². The van der Waals surface area contributed by atoms with Crippen LogP contribution in [-0.2, 0) is 12.8 Å². The molecule has 1 aromatic carbocycles. The molecule has 0 fully saturated rings. The Balaban J connectivity index is 1.91. The highest BCUT2D eigenvalue weighted by molar-refractivity contribution is 5.49. The first-order valence-electron chi connectivity index (χ1n) is 5.56. The van der Waals surface area contributed by atoms with E-state index in [2.05, 4.69) is 12.1 Å². The molecule has 17 heavy (non-hydrogen) atoms. The van der Waals surface area contributed by atoms with Crippen LogP contribution in [0.3, 0.4) is 0 Å². The third-order valence-corrected chi connectivity index (χ3v) is 2.57. The number of hydrogen-bond acceptors (Lipinski definition) is 3. The van der Waals surface area contributed by atoms with Gasteiger partial charge < -0.3 is 4.42 Å². The molecule has 0 amide bonds. The molecule has 0 saturated carbocycles. The lowest BCUT2D eigenvalue weighted by Crippen LogP contribution is -1.92. The second-order valence-corrected chi connectivity index (χ2v) is 3.78. The minimum absolute atomic E-state index is 0.917. The molecule has 3 nitrogen and oxygen atoms in total. The average Bonchev–Trinajstić information content (AvgIpc) is 2.88. The van der Waals surface area contributed by atoms with Gasteiger partial charge in [0.2, 0.25) is 0 Å².